The summed E-state index contributed by atoms with van der Waals surface area (Å²) in [6, 6.07) is 4.29. The first-order valence-electron chi connectivity index (χ1n) is 4.78. The lowest BCUT2D eigenvalue weighted by Crippen LogP contribution is -1.93. The van der Waals surface area contributed by atoms with Crippen LogP contribution in [0.1, 0.15) is 5.69 Å². The number of nitrogens with two attached hydrogens (primary N) is 1. The van der Waals surface area contributed by atoms with Gasteiger partial charge in [-0.2, -0.15) is 5.10 Å². The predicted molar refractivity (Wildman–Crippen MR) is 59.7 cm³/mol. The monoisotopic (exact) mass is 221 g/mol. The Balaban J connectivity index is 2.67. The maximum Gasteiger partial charge on any atom is 0.153 e. The van der Waals surface area contributed by atoms with Crippen LogP contribution in [-0.4, -0.2) is 17.3 Å². The van der Waals surface area contributed by atoms with Crippen LogP contribution in [0.15, 0.2) is 18.2 Å². The fourth-order valence-corrected chi connectivity index (χ4v) is 1.66. The molecule has 5 heteroatoms. The molecule has 2 rings (SSSR count). The molecule has 0 amide bonds. The molecule has 0 atom stereocenters. The lowest BCUT2D eigenvalue weighted by Gasteiger charge is -2.08. The van der Waals surface area contributed by atoms with Crippen molar-refractivity contribution >= 4 is 5.82 Å². The Bertz CT molecular complexity index is 502. The minimum Gasteiger partial charge on any atom is -0.496 e. The van der Waals surface area contributed by atoms with Gasteiger partial charge in [0.2, 0.25) is 0 Å². The van der Waals surface area contributed by atoms with Crippen molar-refractivity contribution < 1.29 is 9.13 Å². The van der Waals surface area contributed by atoms with Gasteiger partial charge in [0.05, 0.1) is 12.7 Å². The number of ether oxygens (including phenoxy) is 1. The van der Waals surface area contributed by atoms with Gasteiger partial charge in [0.15, 0.2) is 5.82 Å². The molecule has 0 saturated carbocycles. The summed E-state index contributed by atoms with van der Waals surface area (Å²) in [5.41, 5.74) is 7.79. The zero-order chi connectivity index (χ0) is 11.7. The van der Waals surface area contributed by atoms with Crippen molar-refractivity contribution in [1.82, 2.24) is 10.2 Å². The third-order valence-electron chi connectivity index (χ3n) is 2.41. The number of nitrogens with zero attached hydrogens (tertiary/aromatic N) is 1. The lowest BCUT2D eigenvalue weighted by molar-refractivity contribution is 0.415. The van der Waals surface area contributed by atoms with Gasteiger partial charge in [-0.1, -0.05) is 0 Å². The average molecular weight is 221 g/mol. The van der Waals surface area contributed by atoms with Gasteiger partial charge in [-0.15, -0.1) is 0 Å². The number of rotatable bonds is 2. The number of aromatic amines is 1. The topological polar surface area (TPSA) is 63.9 Å². The second-order valence-corrected chi connectivity index (χ2v) is 3.45. The van der Waals surface area contributed by atoms with Crippen LogP contribution < -0.4 is 10.5 Å². The smallest absolute Gasteiger partial charge is 0.153 e. The summed E-state index contributed by atoms with van der Waals surface area (Å²) in [6.07, 6.45) is 0. The summed E-state index contributed by atoms with van der Waals surface area (Å²) in [6.45, 7) is 1.82. The minimum absolute atomic E-state index is 0.335. The summed E-state index contributed by atoms with van der Waals surface area (Å²) in [4.78, 5) is 0. The van der Waals surface area contributed by atoms with Gasteiger partial charge in [-0.3, -0.25) is 5.10 Å². The van der Waals surface area contributed by atoms with Gasteiger partial charge in [-0.05, 0) is 25.1 Å². The number of hydrogen-bond donors (Lipinski definition) is 2. The first kappa shape index (κ1) is 10.5. The number of nitrogen functional groups attached to an aromatic ring is 1. The summed E-state index contributed by atoms with van der Waals surface area (Å²) in [7, 11) is 1.53. The highest BCUT2D eigenvalue weighted by molar-refractivity contribution is 5.80. The Morgan fingerprint density at radius 3 is 2.75 bits per heavy atom. The van der Waals surface area contributed by atoms with Gasteiger partial charge in [0, 0.05) is 11.3 Å². The maximum absolute atomic E-state index is 13.2. The third kappa shape index (κ3) is 1.60. The summed E-state index contributed by atoms with van der Waals surface area (Å²) < 4.78 is 18.4. The standard InChI is InChI=1S/C11H12FN3O/c1-6-10(11(13)15-14-6)8-5-7(12)3-4-9(8)16-2/h3-5H,1-2H3,(H3,13,14,15). The Hall–Kier alpha value is -2.04. The molecule has 0 fully saturated rings. The molecule has 1 aromatic carbocycles. The molecule has 84 valence electrons. The number of nitrogens with one attached hydrogen (secondary N) is 1. The molecule has 0 spiro atoms. The Labute approximate surface area is 92.2 Å². The van der Waals surface area contributed by atoms with E-state index in [0.29, 0.717) is 22.7 Å². The molecular weight excluding hydrogens is 209 g/mol. The molecule has 0 saturated heterocycles. The zero-order valence-electron chi connectivity index (χ0n) is 9.04. The van der Waals surface area contributed by atoms with Gasteiger partial charge in [-0.25, -0.2) is 4.39 Å². The van der Waals surface area contributed by atoms with Gasteiger partial charge in [0.1, 0.15) is 11.6 Å². The van der Waals surface area contributed by atoms with E-state index in [1.807, 2.05) is 6.92 Å². The first-order chi connectivity index (χ1) is 7.63. The molecule has 1 heterocycles. The molecule has 0 aliphatic heterocycles. The van der Waals surface area contributed by atoms with Crippen LogP contribution in [0.2, 0.25) is 0 Å². The van der Waals surface area contributed by atoms with Gasteiger partial charge in [0.25, 0.3) is 0 Å². The highest BCUT2D eigenvalue weighted by Crippen LogP contribution is 2.35. The first-order valence-corrected chi connectivity index (χ1v) is 4.78. The van der Waals surface area contributed by atoms with E-state index in [4.69, 9.17) is 10.5 Å². The van der Waals surface area contributed by atoms with E-state index in [1.165, 1.54) is 19.2 Å². The third-order valence-corrected chi connectivity index (χ3v) is 2.41. The van der Waals surface area contributed by atoms with Crippen LogP contribution in [0.4, 0.5) is 10.2 Å². The van der Waals surface area contributed by atoms with Gasteiger partial charge < -0.3 is 10.5 Å². The number of H-pyrrole nitrogens is 1. The fraction of sp³-hybridized carbons (Fsp3) is 0.182. The van der Waals surface area contributed by atoms with Crippen LogP contribution in [0.5, 0.6) is 5.75 Å². The van der Waals surface area contributed by atoms with Crippen molar-refractivity contribution in [2.24, 2.45) is 0 Å². The number of halogens is 1. The van der Waals surface area contributed by atoms with Crippen LogP contribution in [-0.2, 0) is 0 Å². The molecule has 16 heavy (non-hydrogen) atoms. The number of anilines is 1. The molecule has 0 unspecified atom stereocenters. The number of aromatic nitrogens is 2. The fourth-order valence-electron chi connectivity index (χ4n) is 1.66. The molecule has 4 nitrogen and oxygen atoms in total. The second kappa shape index (κ2) is 3.84. The highest BCUT2D eigenvalue weighted by Gasteiger charge is 2.15. The van der Waals surface area contributed by atoms with E-state index in [1.54, 1.807) is 6.07 Å². The van der Waals surface area contributed by atoms with Gasteiger partial charge >= 0.3 is 0 Å². The Morgan fingerprint density at radius 2 is 2.19 bits per heavy atom. The number of hydrogen-bond acceptors (Lipinski definition) is 3. The van der Waals surface area contributed by atoms with Crippen molar-refractivity contribution in [3.05, 3.63) is 29.7 Å². The highest BCUT2D eigenvalue weighted by atomic mass is 19.1. The van der Waals surface area contributed by atoms with E-state index >= 15 is 0 Å². The van der Waals surface area contributed by atoms with Crippen LogP contribution >= 0.6 is 0 Å². The molecular formula is C11H12FN3O. The molecule has 0 aliphatic rings. The van der Waals surface area contributed by atoms with E-state index < -0.39 is 0 Å². The van der Waals surface area contributed by atoms with E-state index in [0.717, 1.165) is 5.69 Å². The quantitative estimate of drug-likeness (QED) is 0.816. The van der Waals surface area contributed by atoms with E-state index in [-0.39, 0.29) is 5.82 Å². The van der Waals surface area contributed by atoms with Crippen LogP contribution in [0.25, 0.3) is 11.1 Å². The normalized spacial score (nSPS) is 10.4. The minimum atomic E-state index is -0.337. The Morgan fingerprint density at radius 1 is 1.44 bits per heavy atom. The second-order valence-electron chi connectivity index (χ2n) is 3.45. The largest absolute Gasteiger partial charge is 0.496 e. The van der Waals surface area contributed by atoms with E-state index in [9.17, 15) is 4.39 Å². The van der Waals surface area contributed by atoms with Crippen LogP contribution in [0.3, 0.4) is 0 Å². The zero-order valence-corrected chi connectivity index (χ0v) is 9.04. The van der Waals surface area contributed by atoms with Crippen molar-refractivity contribution in [3.8, 4) is 16.9 Å². The molecule has 0 radical (unpaired) electrons. The SMILES string of the molecule is COc1ccc(F)cc1-c1c(N)n[nH]c1C. The molecule has 0 aliphatic carbocycles. The molecule has 3 N–H and O–H groups in total. The molecule has 0 bridgehead atoms. The summed E-state index contributed by atoms with van der Waals surface area (Å²) in [5, 5.41) is 6.63. The number of benzene rings is 1. The molecule has 2 aromatic rings. The van der Waals surface area contributed by atoms with Crippen molar-refractivity contribution in [1.29, 1.82) is 0 Å². The van der Waals surface area contributed by atoms with Crippen molar-refractivity contribution in [3.63, 3.8) is 0 Å². The summed E-state index contributed by atoms with van der Waals surface area (Å²) in [5.74, 6) is 0.565. The molecule has 1 aromatic heterocycles. The number of methoxy groups -OCH3 is 1. The lowest BCUT2D eigenvalue weighted by atomic mass is 10.0. The maximum atomic E-state index is 13.2. The average Bonchev–Trinajstić information content (AvgIpc) is 2.58. The summed E-state index contributed by atoms with van der Waals surface area (Å²) >= 11 is 0. The predicted octanol–water partition coefficient (Wildman–Crippen LogP) is 2.12. The van der Waals surface area contributed by atoms with Crippen molar-refractivity contribution in [2.45, 2.75) is 6.92 Å². The van der Waals surface area contributed by atoms with E-state index in [2.05, 4.69) is 10.2 Å². The van der Waals surface area contributed by atoms with Crippen LogP contribution in [0, 0.1) is 12.7 Å². The van der Waals surface area contributed by atoms with Crippen molar-refractivity contribution in [2.75, 3.05) is 12.8 Å². The Kier molecular flexibility index (Phi) is 2.52. The number of aryl methyl sites for hydroxylation is 1.